The zero-order chi connectivity index (χ0) is 34.1. The van der Waals surface area contributed by atoms with Crippen LogP contribution in [0.5, 0.6) is 5.75 Å². The number of ether oxygens (including phenoxy) is 1. The van der Waals surface area contributed by atoms with Crippen molar-refractivity contribution in [1.29, 1.82) is 0 Å². The maximum absolute atomic E-state index is 13.4. The third kappa shape index (κ3) is 9.23. The second-order valence-corrected chi connectivity index (χ2v) is 13.2. The number of nitrogens with one attached hydrogen (secondary N) is 2. The van der Waals surface area contributed by atoms with E-state index in [0.29, 0.717) is 49.2 Å². The van der Waals surface area contributed by atoms with Crippen LogP contribution >= 0.6 is 11.8 Å². The third-order valence-electron chi connectivity index (χ3n) is 8.97. The Labute approximate surface area is 285 Å². The first-order valence-electron chi connectivity index (χ1n) is 16.8. The van der Waals surface area contributed by atoms with E-state index in [0.717, 1.165) is 80.8 Å². The van der Waals surface area contributed by atoms with Crippen LogP contribution in [0.3, 0.4) is 0 Å². The lowest BCUT2D eigenvalue weighted by molar-refractivity contribution is -0.137. The number of anilines is 1. The number of thioether (sulfide) groups is 1. The largest absolute Gasteiger partial charge is 0.494 e. The third-order valence-corrected chi connectivity index (χ3v) is 9.79. The van der Waals surface area contributed by atoms with Crippen LogP contribution in [-0.4, -0.2) is 42.7 Å². The quantitative estimate of drug-likeness (QED) is 0.132. The summed E-state index contributed by atoms with van der Waals surface area (Å²) >= 11 is 1.70. The van der Waals surface area contributed by atoms with Crippen molar-refractivity contribution in [3.8, 4) is 5.75 Å². The van der Waals surface area contributed by atoms with Gasteiger partial charge in [0.2, 0.25) is 5.91 Å². The molecule has 0 aromatic heterocycles. The van der Waals surface area contributed by atoms with Gasteiger partial charge in [-0.15, -0.1) is 11.8 Å². The van der Waals surface area contributed by atoms with E-state index in [-0.39, 0.29) is 11.8 Å². The molecule has 1 aliphatic carbocycles. The molecule has 256 valence electrons. The van der Waals surface area contributed by atoms with Crippen LogP contribution in [0.2, 0.25) is 0 Å². The summed E-state index contributed by atoms with van der Waals surface area (Å²) in [4.78, 5) is 29.4. The van der Waals surface area contributed by atoms with E-state index < -0.39 is 11.7 Å². The van der Waals surface area contributed by atoms with Crippen LogP contribution in [0.1, 0.15) is 79.7 Å². The number of carbonyl (C=O) groups excluding carboxylic acids is 2. The molecular formula is C38H44F3N3O3S. The second kappa shape index (κ2) is 16.6. The molecule has 48 heavy (non-hydrogen) atoms. The Morgan fingerprint density at radius 3 is 2.48 bits per heavy atom. The summed E-state index contributed by atoms with van der Waals surface area (Å²) < 4.78 is 45.0. The molecule has 0 spiro atoms. The highest BCUT2D eigenvalue weighted by Gasteiger charge is 2.30. The minimum Gasteiger partial charge on any atom is -0.494 e. The molecule has 0 bridgehead atoms. The van der Waals surface area contributed by atoms with Crippen molar-refractivity contribution < 1.29 is 27.5 Å². The number of benzene rings is 3. The van der Waals surface area contributed by atoms with E-state index >= 15 is 0 Å². The van der Waals surface area contributed by atoms with Gasteiger partial charge in [-0.3, -0.25) is 14.5 Å². The molecule has 2 N–H and O–H groups in total. The lowest BCUT2D eigenvalue weighted by Crippen LogP contribution is -2.27. The minimum atomic E-state index is -4.39. The van der Waals surface area contributed by atoms with E-state index in [9.17, 15) is 22.8 Å². The molecule has 3 aromatic rings. The first-order valence-corrected chi connectivity index (χ1v) is 18.0. The van der Waals surface area contributed by atoms with E-state index in [4.69, 9.17) is 4.74 Å². The number of hydrogen-bond acceptors (Lipinski definition) is 5. The van der Waals surface area contributed by atoms with Gasteiger partial charge >= 0.3 is 6.18 Å². The van der Waals surface area contributed by atoms with E-state index in [2.05, 4.69) is 27.9 Å². The molecule has 6 nitrogen and oxygen atoms in total. The van der Waals surface area contributed by atoms with Crippen molar-refractivity contribution in [2.75, 3.05) is 31.3 Å². The SMILES string of the molecule is CCOc1cccc(SC)c1CCCC(=O)NCCCN1Cc2ccc(NC(=O)C3=C(c4ccc(C(F)(F)F)cc4)CCCC3)cc2C1. The second-order valence-electron chi connectivity index (χ2n) is 12.3. The molecule has 0 radical (unpaired) electrons. The van der Waals surface area contributed by atoms with Crippen LogP contribution in [0.4, 0.5) is 18.9 Å². The fourth-order valence-electron chi connectivity index (χ4n) is 6.56. The summed E-state index contributed by atoms with van der Waals surface area (Å²) in [5, 5.41) is 6.11. The molecule has 0 fully saturated rings. The summed E-state index contributed by atoms with van der Waals surface area (Å²) in [6.07, 6.45) is 3.56. The lowest BCUT2D eigenvalue weighted by Gasteiger charge is -2.21. The van der Waals surface area contributed by atoms with Crippen LogP contribution in [0.25, 0.3) is 5.57 Å². The summed E-state index contributed by atoms with van der Waals surface area (Å²) in [7, 11) is 0. The zero-order valence-electron chi connectivity index (χ0n) is 27.7. The molecule has 1 heterocycles. The maximum atomic E-state index is 13.4. The van der Waals surface area contributed by atoms with Gasteiger partial charge in [0, 0.05) is 54.3 Å². The molecule has 10 heteroatoms. The number of amides is 2. The highest BCUT2D eigenvalue weighted by molar-refractivity contribution is 7.98. The summed E-state index contributed by atoms with van der Waals surface area (Å²) in [6.45, 7) is 5.64. The first kappa shape index (κ1) is 35.5. The van der Waals surface area contributed by atoms with Crippen molar-refractivity contribution in [3.63, 3.8) is 0 Å². The molecule has 0 saturated carbocycles. The standard InChI is InChI=1S/C38H44F3N3O3S/c1-3-47-34-12-7-13-35(48-2)33(34)11-6-14-36(45)42-21-8-22-44-24-27-17-20-30(23-28(27)25-44)43-37(46)32-10-5-4-9-31(32)26-15-18-29(19-16-26)38(39,40)41/h7,12-13,15-20,23H,3-6,8-11,14,21-22,24-25H2,1-2H3,(H,42,45)(H,43,46). The number of rotatable bonds is 14. The molecule has 5 rings (SSSR count). The Morgan fingerprint density at radius 2 is 1.73 bits per heavy atom. The smallest absolute Gasteiger partial charge is 0.416 e. The highest BCUT2D eigenvalue weighted by Crippen LogP contribution is 2.36. The number of fused-ring (bicyclic) bond motifs is 1. The number of carbonyl (C=O) groups is 2. The fraction of sp³-hybridized carbons (Fsp3) is 0.421. The average molecular weight is 680 g/mol. The number of hydrogen-bond donors (Lipinski definition) is 2. The Hall–Kier alpha value is -3.76. The molecule has 2 aliphatic rings. The van der Waals surface area contributed by atoms with E-state index in [1.54, 1.807) is 11.8 Å². The van der Waals surface area contributed by atoms with Crippen LogP contribution in [0.15, 0.2) is 71.1 Å². The van der Waals surface area contributed by atoms with Gasteiger partial charge in [0.15, 0.2) is 0 Å². The van der Waals surface area contributed by atoms with Crippen molar-refractivity contribution >= 4 is 34.8 Å². The van der Waals surface area contributed by atoms with Crippen molar-refractivity contribution in [2.45, 2.75) is 82.5 Å². The zero-order valence-corrected chi connectivity index (χ0v) is 28.5. The van der Waals surface area contributed by atoms with Gasteiger partial charge in [-0.25, -0.2) is 0 Å². The molecule has 0 atom stereocenters. The number of allylic oxidation sites excluding steroid dienone is 1. The van der Waals surface area contributed by atoms with Gasteiger partial charge in [-0.2, -0.15) is 13.2 Å². The average Bonchev–Trinajstić information content (AvgIpc) is 3.49. The molecular weight excluding hydrogens is 635 g/mol. The number of halogens is 3. The molecule has 1 aliphatic heterocycles. The normalized spacial score (nSPS) is 14.9. The van der Waals surface area contributed by atoms with Crippen molar-refractivity contribution in [2.24, 2.45) is 0 Å². The first-order chi connectivity index (χ1) is 23.2. The highest BCUT2D eigenvalue weighted by atomic mass is 32.2. The van der Waals surface area contributed by atoms with Gasteiger partial charge in [0.05, 0.1) is 12.2 Å². The summed E-state index contributed by atoms with van der Waals surface area (Å²) in [5.41, 5.74) is 5.71. The maximum Gasteiger partial charge on any atom is 0.416 e. The number of nitrogens with zero attached hydrogens (tertiary/aromatic N) is 1. The van der Waals surface area contributed by atoms with E-state index in [1.807, 2.05) is 37.3 Å². The van der Waals surface area contributed by atoms with Crippen LogP contribution in [-0.2, 0) is 35.3 Å². The topological polar surface area (TPSA) is 70.7 Å². The Morgan fingerprint density at radius 1 is 0.958 bits per heavy atom. The molecule has 0 unspecified atom stereocenters. The minimum absolute atomic E-state index is 0.0641. The monoisotopic (exact) mass is 679 g/mol. The predicted octanol–water partition coefficient (Wildman–Crippen LogP) is 8.64. The molecule has 3 aromatic carbocycles. The lowest BCUT2D eigenvalue weighted by atomic mass is 9.86. The van der Waals surface area contributed by atoms with Crippen LogP contribution < -0.4 is 15.4 Å². The molecule has 2 amide bonds. The van der Waals surface area contributed by atoms with Crippen LogP contribution in [0, 0.1) is 0 Å². The predicted molar refractivity (Wildman–Crippen MR) is 186 cm³/mol. The summed E-state index contributed by atoms with van der Waals surface area (Å²) in [6, 6.07) is 17.2. The van der Waals surface area contributed by atoms with Gasteiger partial charge in [-0.05, 0) is 117 Å². The van der Waals surface area contributed by atoms with Gasteiger partial charge in [0.25, 0.3) is 5.91 Å². The van der Waals surface area contributed by atoms with Gasteiger partial charge < -0.3 is 15.4 Å². The Kier molecular flexibility index (Phi) is 12.3. The molecule has 0 saturated heterocycles. The Bertz CT molecular complexity index is 1620. The Balaban J connectivity index is 1.07. The van der Waals surface area contributed by atoms with Gasteiger partial charge in [0.1, 0.15) is 5.75 Å². The van der Waals surface area contributed by atoms with Gasteiger partial charge in [-0.1, -0.05) is 24.3 Å². The summed E-state index contributed by atoms with van der Waals surface area (Å²) in [5.74, 6) is 0.769. The van der Waals surface area contributed by atoms with Crippen molar-refractivity contribution in [1.82, 2.24) is 10.2 Å². The van der Waals surface area contributed by atoms with E-state index in [1.165, 1.54) is 28.2 Å². The fourth-order valence-corrected chi connectivity index (χ4v) is 7.22. The number of alkyl halides is 3. The van der Waals surface area contributed by atoms with Crippen molar-refractivity contribution in [3.05, 3.63) is 94.1 Å².